The van der Waals surface area contributed by atoms with Crippen LogP contribution in [-0.2, 0) is 5.75 Å². The van der Waals surface area contributed by atoms with E-state index in [9.17, 15) is 4.79 Å². The van der Waals surface area contributed by atoms with E-state index in [2.05, 4.69) is 17.1 Å². The molecule has 0 bridgehead atoms. The lowest BCUT2D eigenvalue weighted by molar-refractivity contribution is 1.27. The SMILES string of the molecule is O=c1[nH]cc(Cl)c2ccc(SCc3ccccc3)cc12. The molecule has 0 amide bonds. The van der Waals surface area contributed by atoms with Crippen LogP contribution in [0.15, 0.2) is 64.4 Å². The first-order valence-corrected chi connectivity index (χ1v) is 7.58. The predicted octanol–water partition coefficient (Wildman–Crippen LogP) is 4.47. The second kappa shape index (κ2) is 5.73. The Balaban J connectivity index is 1.90. The van der Waals surface area contributed by atoms with Crippen molar-refractivity contribution in [3.63, 3.8) is 0 Å². The van der Waals surface area contributed by atoms with Crippen LogP contribution in [0, 0.1) is 0 Å². The molecule has 1 N–H and O–H groups in total. The smallest absolute Gasteiger partial charge is 0.255 e. The highest BCUT2D eigenvalue weighted by atomic mass is 35.5. The number of hydrogen-bond acceptors (Lipinski definition) is 2. The summed E-state index contributed by atoms with van der Waals surface area (Å²) in [5.74, 6) is 0.880. The highest BCUT2D eigenvalue weighted by Crippen LogP contribution is 2.27. The van der Waals surface area contributed by atoms with E-state index in [4.69, 9.17) is 11.6 Å². The van der Waals surface area contributed by atoms with E-state index in [1.165, 1.54) is 11.8 Å². The van der Waals surface area contributed by atoms with Crippen LogP contribution in [0.3, 0.4) is 0 Å². The summed E-state index contributed by atoms with van der Waals surface area (Å²) in [4.78, 5) is 15.5. The molecule has 0 atom stereocenters. The fourth-order valence-electron chi connectivity index (χ4n) is 2.03. The Labute approximate surface area is 125 Å². The van der Waals surface area contributed by atoms with Gasteiger partial charge >= 0.3 is 0 Å². The van der Waals surface area contributed by atoms with Crippen molar-refractivity contribution in [2.24, 2.45) is 0 Å². The third kappa shape index (κ3) is 2.74. The van der Waals surface area contributed by atoms with Gasteiger partial charge in [0.1, 0.15) is 0 Å². The number of nitrogens with one attached hydrogen (secondary N) is 1. The quantitative estimate of drug-likeness (QED) is 0.724. The van der Waals surface area contributed by atoms with Gasteiger partial charge in [-0.05, 0) is 17.7 Å². The van der Waals surface area contributed by atoms with Crippen molar-refractivity contribution in [2.45, 2.75) is 10.6 Å². The van der Waals surface area contributed by atoms with Crippen molar-refractivity contribution in [1.29, 1.82) is 0 Å². The molecule has 0 radical (unpaired) electrons. The second-order valence-electron chi connectivity index (χ2n) is 4.45. The Kier molecular flexibility index (Phi) is 3.81. The average Bonchev–Trinajstić information content (AvgIpc) is 2.50. The third-order valence-electron chi connectivity index (χ3n) is 3.07. The number of H-pyrrole nitrogens is 1. The minimum atomic E-state index is -0.105. The standard InChI is InChI=1S/C16H12ClNOS/c17-15-9-18-16(19)14-8-12(6-7-13(14)15)20-10-11-4-2-1-3-5-11/h1-9H,10H2,(H,18,19). The Hall–Kier alpha value is -1.71. The van der Waals surface area contributed by atoms with Crippen LogP contribution < -0.4 is 5.56 Å². The van der Waals surface area contributed by atoms with Gasteiger partial charge < -0.3 is 4.98 Å². The van der Waals surface area contributed by atoms with Gasteiger partial charge in [0, 0.05) is 27.6 Å². The molecular weight excluding hydrogens is 290 g/mol. The Morgan fingerprint density at radius 2 is 1.85 bits per heavy atom. The van der Waals surface area contributed by atoms with E-state index in [0.717, 1.165) is 16.0 Å². The maximum absolute atomic E-state index is 11.8. The van der Waals surface area contributed by atoms with E-state index >= 15 is 0 Å². The number of benzene rings is 2. The number of halogens is 1. The van der Waals surface area contributed by atoms with E-state index < -0.39 is 0 Å². The Bertz CT molecular complexity index is 798. The molecule has 3 rings (SSSR count). The van der Waals surface area contributed by atoms with E-state index in [-0.39, 0.29) is 5.56 Å². The third-order valence-corrected chi connectivity index (χ3v) is 4.45. The number of pyridine rings is 1. The van der Waals surface area contributed by atoms with Crippen LogP contribution >= 0.6 is 23.4 Å². The largest absolute Gasteiger partial charge is 0.327 e. The summed E-state index contributed by atoms with van der Waals surface area (Å²) in [6, 6.07) is 16.1. The van der Waals surface area contributed by atoms with Gasteiger partial charge in [0.05, 0.1) is 5.02 Å². The molecular formula is C16H12ClNOS. The Morgan fingerprint density at radius 1 is 1.05 bits per heavy atom. The summed E-state index contributed by atoms with van der Waals surface area (Å²) in [6.07, 6.45) is 1.53. The topological polar surface area (TPSA) is 32.9 Å². The van der Waals surface area contributed by atoms with Gasteiger partial charge in [-0.1, -0.05) is 48.0 Å². The summed E-state index contributed by atoms with van der Waals surface area (Å²) in [5, 5.41) is 1.99. The lowest BCUT2D eigenvalue weighted by Crippen LogP contribution is -2.04. The normalized spacial score (nSPS) is 10.8. The molecule has 2 aromatic carbocycles. The van der Waals surface area contributed by atoms with Crippen LogP contribution in [0.1, 0.15) is 5.56 Å². The second-order valence-corrected chi connectivity index (χ2v) is 5.90. The number of fused-ring (bicyclic) bond motifs is 1. The van der Waals surface area contributed by atoms with E-state index in [1.54, 1.807) is 11.8 Å². The van der Waals surface area contributed by atoms with Crippen molar-refractivity contribution in [3.05, 3.63) is 75.7 Å². The fraction of sp³-hybridized carbons (Fsp3) is 0.0625. The van der Waals surface area contributed by atoms with E-state index in [0.29, 0.717) is 10.4 Å². The van der Waals surface area contributed by atoms with Crippen molar-refractivity contribution < 1.29 is 0 Å². The lowest BCUT2D eigenvalue weighted by atomic mass is 10.2. The van der Waals surface area contributed by atoms with Gasteiger partial charge in [-0.2, -0.15) is 0 Å². The molecule has 2 nitrogen and oxygen atoms in total. The number of aromatic nitrogens is 1. The zero-order valence-electron chi connectivity index (χ0n) is 10.6. The van der Waals surface area contributed by atoms with Crippen molar-refractivity contribution in [2.75, 3.05) is 0 Å². The average molecular weight is 302 g/mol. The van der Waals surface area contributed by atoms with Gasteiger partial charge in [0.15, 0.2) is 0 Å². The molecule has 1 aromatic heterocycles. The first kappa shape index (κ1) is 13.3. The molecule has 100 valence electrons. The lowest BCUT2D eigenvalue weighted by Gasteiger charge is -2.04. The van der Waals surface area contributed by atoms with Gasteiger partial charge in [0.2, 0.25) is 0 Å². The van der Waals surface area contributed by atoms with Crippen molar-refractivity contribution in [1.82, 2.24) is 4.98 Å². The zero-order valence-corrected chi connectivity index (χ0v) is 12.2. The molecule has 0 saturated carbocycles. The zero-order chi connectivity index (χ0) is 13.9. The van der Waals surface area contributed by atoms with Crippen LogP contribution in [0.4, 0.5) is 0 Å². The maximum atomic E-state index is 11.8. The minimum Gasteiger partial charge on any atom is -0.327 e. The number of thioether (sulfide) groups is 1. The molecule has 4 heteroatoms. The highest BCUT2D eigenvalue weighted by molar-refractivity contribution is 7.98. The Morgan fingerprint density at radius 3 is 2.65 bits per heavy atom. The van der Waals surface area contributed by atoms with Crippen LogP contribution in [-0.4, -0.2) is 4.98 Å². The van der Waals surface area contributed by atoms with Gasteiger partial charge in [-0.25, -0.2) is 0 Å². The first-order valence-electron chi connectivity index (χ1n) is 6.22. The minimum absolute atomic E-state index is 0.105. The molecule has 0 aliphatic heterocycles. The molecule has 0 unspecified atom stereocenters. The first-order chi connectivity index (χ1) is 9.74. The number of rotatable bonds is 3. The molecule has 0 fully saturated rings. The predicted molar refractivity (Wildman–Crippen MR) is 85.6 cm³/mol. The molecule has 0 saturated heterocycles. The van der Waals surface area contributed by atoms with Crippen molar-refractivity contribution >= 4 is 34.1 Å². The summed E-state index contributed by atoms with van der Waals surface area (Å²) >= 11 is 7.78. The maximum Gasteiger partial charge on any atom is 0.255 e. The fourth-order valence-corrected chi connectivity index (χ4v) is 3.15. The molecule has 0 aliphatic carbocycles. The van der Waals surface area contributed by atoms with Crippen LogP contribution in [0.25, 0.3) is 10.8 Å². The molecule has 0 spiro atoms. The molecule has 0 aliphatic rings. The van der Waals surface area contributed by atoms with E-state index in [1.807, 2.05) is 36.4 Å². The summed E-state index contributed by atoms with van der Waals surface area (Å²) < 4.78 is 0. The van der Waals surface area contributed by atoms with Gasteiger partial charge in [-0.15, -0.1) is 11.8 Å². The van der Waals surface area contributed by atoms with Crippen LogP contribution in [0.5, 0.6) is 0 Å². The molecule has 20 heavy (non-hydrogen) atoms. The number of aromatic amines is 1. The van der Waals surface area contributed by atoms with Gasteiger partial charge in [-0.3, -0.25) is 4.79 Å². The summed E-state index contributed by atoms with van der Waals surface area (Å²) in [7, 11) is 0. The van der Waals surface area contributed by atoms with Gasteiger partial charge in [0.25, 0.3) is 5.56 Å². The van der Waals surface area contributed by atoms with Crippen molar-refractivity contribution in [3.8, 4) is 0 Å². The summed E-state index contributed by atoms with van der Waals surface area (Å²) in [6.45, 7) is 0. The van der Waals surface area contributed by atoms with Crippen LogP contribution in [0.2, 0.25) is 5.02 Å². The number of hydrogen-bond donors (Lipinski definition) is 1. The monoisotopic (exact) mass is 301 g/mol. The molecule has 1 heterocycles. The highest BCUT2D eigenvalue weighted by Gasteiger charge is 2.05. The molecule has 3 aromatic rings. The summed E-state index contributed by atoms with van der Waals surface area (Å²) in [5.41, 5.74) is 1.16.